The van der Waals surface area contributed by atoms with Gasteiger partial charge < -0.3 is 14.8 Å². The minimum absolute atomic E-state index is 0.0707. The van der Waals surface area contributed by atoms with Gasteiger partial charge in [-0.25, -0.2) is 12.8 Å². The molecule has 106 valence electrons. The smallest absolute Gasteiger partial charge is 0.212 e. The van der Waals surface area contributed by atoms with Gasteiger partial charge in [-0.3, -0.25) is 0 Å². The number of benzene rings is 1. The zero-order valence-corrected chi connectivity index (χ0v) is 11.6. The first kappa shape index (κ1) is 14.2. The Labute approximate surface area is 111 Å². The number of ether oxygens (including phenoxy) is 2. The molecule has 19 heavy (non-hydrogen) atoms. The number of rotatable bonds is 4. The van der Waals surface area contributed by atoms with Gasteiger partial charge in [-0.2, -0.15) is 0 Å². The van der Waals surface area contributed by atoms with Crippen molar-refractivity contribution in [1.29, 1.82) is 0 Å². The molecule has 1 atom stereocenters. The van der Waals surface area contributed by atoms with E-state index in [2.05, 4.69) is 5.32 Å². The third-order valence-corrected chi connectivity index (χ3v) is 3.88. The molecule has 1 aliphatic heterocycles. The summed E-state index contributed by atoms with van der Waals surface area (Å²) in [5, 5.41) is 3.05. The number of halogens is 1. The summed E-state index contributed by atoms with van der Waals surface area (Å²) in [4.78, 5) is -0.0900. The lowest BCUT2D eigenvalue weighted by Gasteiger charge is -2.27. The first-order valence-corrected chi connectivity index (χ1v) is 7.82. The minimum Gasteiger partial charge on any atom is -0.463 e. The number of fused-ring (bicyclic) bond motifs is 1. The molecule has 0 radical (unpaired) electrons. The van der Waals surface area contributed by atoms with Gasteiger partial charge in [0.25, 0.3) is 0 Å². The molecule has 2 rings (SSSR count). The molecule has 1 N–H and O–H groups in total. The normalized spacial score (nSPS) is 18.8. The van der Waals surface area contributed by atoms with Gasteiger partial charge in [0.05, 0.1) is 23.6 Å². The van der Waals surface area contributed by atoms with Crippen LogP contribution in [0.15, 0.2) is 17.0 Å². The fourth-order valence-electron chi connectivity index (χ4n) is 1.76. The largest absolute Gasteiger partial charge is 0.463 e. The second-order valence-corrected chi connectivity index (χ2v) is 6.34. The first-order chi connectivity index (χ1) is 8.91. The van der Waals surface area contributed by atoms with Crippen LogP contribution in [-0.2, 0) is 21.2 Å². The predicted octanol–water partition coefficient (Wildman–Crippen LogP) is 1.07. The van der Waals surface area contributed by atoms with Crippen LogP contribution in [0.4, 0.5) is 4.39 Å². The monoisotopic (exact) mass is 289 g/mol. The van der Waals surface area contributed by atoms with E-state index in [1.165, 1.54) is 6.07 Å². The van der Waals surface area contributed by atoms with Crippen LogP contribution in [0.25, 0.3) is 0 Å². The zero-order valence-electron chi connectivity index (χ0n) is 10.8. The van der Waals surface area contributed by atoms with E-state index in [9.17, 15) is 12.8 Å². The summed E-state index contributed by atoms with van der Waals surface area (Å²) in [7, 11) is -3.47. The second kappa shape index (κ2) is 5.44. The van der Waals surface area contributed by atoms with E-state index in [-0.39, 0.29) is 22.8 Å². The molecule has 0 saturated heterocycles. The van der Waals surface area contributed by atoms with Crippen molar-refractivity contribution in [3.05, 3.63) is 23.5 Å². The lowest BCUT2D eigenvalue weighted by atomic mass is 10.2. The number of likely N-dealkylation sites (N-methyl/N-ethyl adjacent to an activating group) is 1. The summed E-state index contributed by atoms with van der Waals surface area (Å²) in [5.41, 5.74) is 0.250. The van der Waals surface area contributed by atoms with Crippen LogP contribution < -0.4 is 10.1 Å². The summed E-state index contributed by atoms with van der Waals surface area (Å²) in [6.45, 7) is 3.23. The molecule has 5 nitrogen and oxygen atoms in total. The van der Waals surface area contributed by atoms with E-state index < -0.39 is 21.9 Å². The summed E-state index contributed by atoms with van der Waals surface area (Å²) in [5.74, 6) is -0.394. The van der Waals surface area contributed by atoms with E-state index in [1.54, 1.807) is 0 Å². The Kier molecular flexibility index (Phi) is 4.07. The molecule has 0 spiro atoms. The van der Waals surface area contributed by atoms with E-state index >= 15 is 0 Å². The van der Waals surface area contributed by atoms with E-state index in [0.717, 1.165) is 18.9 Å². The van der Waals surface area contributed by atoms with E-state index in [4.69, 9.17) is 9.47 Å². The topological polar surface area (TPSA) is 64.6 Å². The molecule has 1 heterocycles. The molecule has 0 saturated carbocycles. The third kappa shape index (κ3) is 3.23. The third-order valence-electron chi connectivity index (χ3n) is 2.79. The van der Waals surface area contributed by atoms with Crippen molar-refractivity contribution < 1.29 is 22.3 Å². The molecular weight excluding hydrogens is 273 g/mol. The summed E-state index contributed by atoms with van der Waals surface area (Å²) in [6.07, 6.45) is 0.491. The number of sulfone groups is 1. The SMILES string of the molecule is CCNCC1OCc2c(F)cc(S(C)(=O)=O)cc2O1. The molecule has 0 aromatic heterocycles. The second-order valence-electron chi connectivity index (χ2n) is 4.32. The van der Waals surface area contributed by atoms with Crippen molar-refractivity contribution in [1.82, 2.24) is 5.32 Å². The highest BCUT2D eigenvalue weighted by Gasteiger charge is 2.25. The van der Waals surface area contributed by atoms with Gasteiger partial charge in [0.15, 0.2) is 9.84 Å². The maximum absolute atomic E-state index is 13.8. The molecule has 1 aromatic rings. The van der Waals surface area contributed by atoms with Gasteiger partial charge in [-0.15, -0.1) is 0 Å². The van der Waals surface area contributed by atoms with Crippen molar-refractivity contribution in [3.63, 3.8) is 0 Å². The Bertz CT molecular complexity index is 573. The van der Waals surface area contributed by atoms with E-state index in [0.29, 0.717) is 6.54 Å². The molecule has 1 aliphatic rings. The average molecular weight is 289 g/mol. The zero-order chi connectivity index (χ0) is 14.0. The first-order valence-electron chi connectivity index (χ1n) is 5.93. The van der Waals surface area contributed by atoms with Crippen molar-refractivity contribution in [2.45, 2.75) is 24.7 Å². The molecule has 0 fully saturated rings. The lowest BCUT2D eigenvalue weighted by molar-refractivity contribution is -0.106. The van der Waals surface area contributed by atoms with Crippen molar-refractivity contribution in [2.75, 3.05) is 19.3 Å². The molecule has 7 heteroatoms. The van der Waals surface area contributed by atoms with Gasteiger partial charge in [0, 0.05) is 6.26 Å². The highest BCUT2D eigenvalue weighted by Crippen LogP contribution is 2.31. The van der Waals surface area contributed by atoms with Crippen molar-refractivity contribution in [2.24, 2.45) is 0 Å². The Morgan fingerprint density at radius 2 is 2.21 bits per heavy atom. The molecule has 0 bridgehead atoms. The van der Waals surface area contributed by atoms with Crippen LogP contribution in [0.3, 0.4) is 0 Å². The maximum Gasteiger partial charge on any atom is 0.212 e. The van der Waals surface area contributed by atoms with Gasteiger partial charge in [-0.1, -0.05) is 6.92 Å². The Hall–Kier alpha value is -1.18. The van der Waals surface area contributed by atoms with Crippen LogP contribution in [0.5, 0.6) is 5.75 Å². The molecular formula is C12H16FNO4S. The summed E-state index contributed by atoms with van der Waals surface area (Å²) < 4.78 is 47.5. The standard InChI is InChI=1S/C12H16FNO4S/c1-3-14-6-12-17-7-9-10(13)4-8(19(2,15)16)5-11(9)18-12/h4-5,12,14H,3,6-7H2,1-2H3. The lowest BCUT2D eigenvalue weighted by Crippen LogP contribution is -2.36. The number of nitrogens with one attached hydrogen (secondary N) is 1. The summed E-state index contributed by atoms with van der Waals surface area (Å²) >= 11 is 0. The Balaban J connectivity index is 2.30. The van der Waals surface area contributed by atoms with Gasteiger partial charge in [0.1, 0.15) is 11.6 Å². The minimum atomic E-state index is -3.47. The van der Waals surface area contributed by atoms with Crippen molar-refractivity contribution in [3.8, 4) is 5.75 Å². The van der Waals surface area contributed by atoms with Gasteiger partial charge in [0.2, 0.25) is 6.29 Å². The van der Waals surface area contributed by atoms with Crippen LogP contribution in [0, 0.1) is 5.82 Å². The van der Waals surface area contributed by atoms with Crippen LogP contribution in [0.1, 0.15) is 12.5 Å². The van der Waals surface area contributed by atoms with Crippen molar-refractivity contribution >= 4 is 9.84 Å². The van der Waals surface area contributed by atoms with Crippen LogP contribution in [-0.4, -0.2) is 34.1 Å². The summed E-state index contributed by atoms with van der Waals surface area (Å²) in [6, 6.07) is 2.33. The highest BCUT2D eigenvalue weighted by molar-refractivity contribution is 7.90. The predicted molar refractivity (Wildman–Crippen MR) is 67.3 cm³/mol. The fraction of sp³-hybridized carbons (Fsp3) is 0.500. The van der Waals surface area contributed by atoms with Gasteiger partial charge in [-0.05, 0) is 18.7 Å². The number of hydrogen-bond acceptors (Lipinski definition) is 5. The molecule has 0 aliphatic carbocycles. The maximum atomic E-state index is 13.8. The number of hydrogen-bond donors (Lipinski definition) is 1. The van der Waals surface area contributed by atoms with E-state index in [1.807, 2.05) is 6.92 Å². The van der Waals surface area contributed by atoms with Crippen LogP contribution >= 0.6 is 0 Å². The fourth-order valence-corrected chi connectivity index (χ4v) is 2.40. The quantitative estimate of drug-likeness (QED) is 0.898. The molecule has 1 aromatic carbocycles. The van der Waals surface area contributed by atoms with Gasteiger partial charge >= 0.3 is 0 Å². The Morgan fingerprint density at radius 1 is 1.47 bits per heavy atom. The van der Waals surface area contributed by atoms with Crippen LogP contribution in [0.2, 0.25) is 0 Å². The Morgan fingerprint density at radius 3 is 2.84 bits per heavy atom. The molecule has 0 amide bonds. The average Bonchev–Trinajstić information content (AvgIpc) is 2.34. The molecule has 1 unspecified atom stereocenters. The highest BCUT2D eigenvalue weighted by atomic mass is 32.2.